The molecule has 2 aromatic rings. The summed E-state index contributed by atoms with van der Waals surface area (Å²) in [5.74, 6) is -0.240. The highest BCUT2D eigenvalue weighted by atomic mass is 32.1. The first-order valence-electron chi connectivity index (χ1n) is 5.92. The van der Waals surface area contributed by atoms with Crippen molar-refractivity contribution in [3.8, 4) is 22.8 Å². The number of anilines is 1. The molecular formula is C13H16N2O2S. The summed E-state index contributed by atoms with van der Waals surface area (Å²) in [5.41, 5.74) is 1.60. The van der Waals surface area contributed by atoms with Gasteiger partial charge in [0, 0.05) is 17.5 Å². The number of nitrogens with zero attached hydrogens (tertiary/aromatic N) is 1. The smallest absolute Gasteiger partial charge is 0.183 e. The molecule has 0 radical (unpaired) electrons. The van der Waals surface area contributed by atoms with Gasteiger partial charge < -0.3 is 15.5 Å². The molecule has 0 aliphatic heterocycles. The Hall–Kier alpha value is -1.75. The Bertz CT molecular complexity index is 525. The number of hydrogen-bond acceptors (Lipinski definition) is 5. The molecule has 18 heavy (non-hydrogen) atoms. The first-order chi connectivity index (χ1) is 8.70. The summed E-state index contributed by atoms with van der Waals surface area (Å²) in [5, 5.41) is 24.8. The van der Waals surface area contributed by atoms with E-state index >= 15 is 0 Å². The van der Waals surface area contributed by atoms with Gasteiger partial charge in [-0.2, -0.15) is 0 Å². The van der Waals surface area contributed by atoms with Crippen molar-refractivity contribution in [2.75, 3.05) is 11.9 Å². The standard InChI is InChI=1S/C13H16N2O2S/c1-2-3-6-14-13-15-10(8-18-13)9-4-5-11(16)12(17)7-9/h4-5,7-8,16-17H,2-3,6H2,1H3,(H,14,15). The first kappa shape index (κ1) is 12.7. The predicted molar refractivity (Wildman–Crippen MR) is 74.3 cm³/mol. The second-order valence-electron chi connectivity index (χ2n) is 4.02. The van der Waals surface area contributed by atoms with E-state index < -0.39 is 0 Å². The second-order valence-corrected chi connectivity index (χ2v) is 4.88. The van der Waals surface area contributed by atoms with E-state index in [2.05, 4.69) is 17.2 Å². The Morgan fingerprint density at radius 1 is 1.28 bits per heavy atom. The van der Waals surface area contributed by atoms with E-state index in [0.717, 1.165) is 35.8 Å². The van der Waals surface area contributed by atoms with E-state index in [1.165, 1.54) is 23.5 Å². The van der Waals surface area contributed by atoms with Crippen LogP contribution in [0.25, 0.3) is 11.3 Å². The zero-order valence-electron chi connectivity index (χ0n) is 10.2. The van der Waals surface area contributed by atoms with E-state index in [1.807, 2.05) is 5.38 Å². The van der Waals surface area contributed by atoms with Gasteiger partial charge in [-0.1, -0.05) is 13.3 Å². The van der Waals surface area contributed by atoms with Gasteiger partial charge in [-0.3, -0.25) is 0 Å². The van der Waals surface area contributed by atoms with Gasteiger partial charge in [-0.25, -0.2) is 4.98 Å². The summed E-state index contributed by atoms with van der Waals surface area (Å²) < 4.78 is 0. The molecule has 0 unspecified atom stereocenters. The van der Waals surface area contributed by atoms with Crippen molar-refractivity contribution in [3.05, 3.63) is 23.6 Å². The van der Waals surface area contributed by atoms with Crippen LogP contribution in [0, 0.1) is 0 Å². The fourth-order valence-electron chi connectivity index (χ4n) is 1.54. The van der Waals surface area contributed by atoms with Crippen LogP contribution in [0.4, 0.5) is 5.13 Å². The molecule has 96 valence electrons. The number of rotatable bonds is 5. The van der Waals surface area contributed by atoms with Crippen LogP contribution < -0.4 is 5.32 Å². The molecule has 0 amide bonds. The molecular weight excluding hydrogens is 248 g/mol. The molecule has 1 heterocycles. The molecule has 0 aliphatic rings. The summed E-state index contributed by atoms with van der Waals surface area (Å²) in [4.78, 5) is 4.44. The van der Waals surface area contributed by atoms with Crippen LogP contribution in [0.3, 0.4) is 0 Å². The van der Waals surface area contributed by atoms with E-state index in [9.17, 15) is 10.2 Å². The minimum absolute atomic E-state index is 0.115. The topological polar surface area (TPSA) is 65.4 Å². The van der Waals surface area contributed by atoms with Gasteiger partial charge in [0.05, 0.1) is 5.69 Å². The molecule has 0 aliphatic carbocycles. The van der Waals surface area contributed by atoms with Crippen LogP contribution in [0.1, 0.15) is 19.8 Å². The highest BCUT2D eigenvalue weighted by molar-refractivity contribution is 7.14. The van der Waals surface area contributed by atoms with Crippen LogP contribution in [0.2, 0.25) is 0 Å². The van der Waals surface area contributed by atoms with Gasteiger partial charge in [0.2, 0.25) is 0 Å². The average molecular weight is 264 g/mol. The maximum Gasteiger partial charge on any atom is 0.183 e. The predicted octanol–water partition coefficient (Wildman–Crippen LogP) is 3.43. The number of hydrogen-bond donors (Lipinski definition) is 3. The van der Waals surface area contributed by atoms with Crippen molar-refractivity contribution < 1.29 is 10.2 Å². The van der Waals surface area contributed by atoms with Crippen LogP contribution in [-0.4, -0.2) is 21.7 Å². The summed E-state index contributed by atoms with van der Waals surface area (Å²) in [6, 6.07) is 4.72. The van der Waals surface area contributed by atoms with Gasteiger partial charge in [-0.15, -0.1) is 11.3 Å². The van der Waals surface area contributed by atoms with Crippen molar-refractivity contribution in [2.45, 2.75) is 19.8 Å². The van der Waals surface area contributed by atoms with Crippen LogP contribution >= 0.6 is 11.3 Å². The molecule has 0 saturated heterocycles. The fourth-order valence-corrected chi connectivity index (χ4v) is 2.29. The number of phenols is 2. The molecule has 5 heteroatoms. The van der Waals surface area contributed by atoms with Crippen molar-refractivity contribution in [3.63, 3.8) is 0 Å². The Labute approximate surface area is 110 Å². The number of unbranched alkanes of at least 4 members (excludes halogenated alkanes) is 1. The molecule has 1 aromatic carbocycles. The van der Waals surface area contributed by atoms with E-state index in [0.29, 0.717) is 0 Å². The maximum absolute atomic E-state index is 9.45. The molecule has 4 nitrogen and oxygen atoms in total. The largest absolute Gasteiger partial charge is 0.504 e. The zero-order chi connectivity index (χ0) is 13.0. The third-order valence-electron chi connectivity index (χ3n) is 2.58. The minimum atomic E-state index is -0.124. The number of aromatic hydroxyl groups is 2. The SMILES string of the molecule is CCCCNc1nc(-c2ccc(O)c(O)c2)cs1. The Kier molecular flexibility index (Phi) is 4.04. The van der Waals surface area contributed by atoms with Gasteiger partial charge in [0.15, 0.2) is 16.6 Å². The normalized spacial score (nSPS) is 10.5. The summed E-state index contributed by atoms with van der Waals surface area (Å²) in [6.07, 6.45) is 2.27. The van der Waals surface area contributed by atoms with Crippen molar-refractivity contribution in [1.82, 2.24) is 4.98 Å². The van der Waals surface area contributed by atoms with Gasteiger partial charge in [0.25, 0.3) is 0 Å². The lowest BCUT2D eigenvalue weighted by Gasteiger charge is -2.01. The molecule has 0 saturated carbocycles. The lowest BCUT2D eigenvalue weighted by atomic mass is 10.1. The van der Waals surface area contributed by atoms with Gasteiger partial charge in [-0.05, 0) is 24.6 Å². The summed E-state index contributed by atoms with van der Waals surface area (Å²) in [7, 11) is 0. The van der Waals surface area contributed by atoms with E-state index in [1.54, 1.807) is 6.07 Å². The Balaban J connectivity index is 2.11. The summed E-state index contributed by atoms with van der Waals surface area (Å²) >= 11 is 1.54. The molecule has 2 rings (SSSR count). The molecule has 0 spiro atoms. The lowest BCUT2D eigenvalue weighted by molar-refractivity contribution is 0.404. The van der Waals surface area contributed by atoms with E-state index in [-0.39, 0.29) is 11.5 Å². The number of thiazole rings is 1. The monoisotopic (exact) mass is 264 g/mol. The number of benzene rings is 1. The quantitative estimate of drug-likeness (QED) is 0.572. The van der Waals surface area contributed by atoms with Crippen molar-refractivity contribution in [2.24, 2.45) is 0 Å². The van der Waals surface area contributed by atoms with Crippen molar-refractivity contribution in [1.29, 1.82) is 0 Å². The van der Waals surface area contributed by atoms with E-state index in [4.69, 9.17) is 0 Å². The lowest BCUT2D eigenvalue weighted by Crippen LogP contribution is -1.99. The van der Waals surface area contributed by atoms with Crippen LogP contribution in [0.5, 0.6) is 11.5 Å². The van der Waals surface area contributed by atoms with Crippen molar-refractivity contribution >= 4 is 16.5 Å². The fraction of sp³-hybridized carbons (Fsp3) is 0.308. The number of nitrogens with one attached hydrogen (secondary N) is 1. The van der Waals surface area contributed by atoms with Gasteiger partial charge >= 0.3 is 0 Å². The van der Waals surface area contributed by atoms with Gasteiger partial charge in [0.1, 0.15) is 0 Å². The Morgan fingerprint density at radius 2 is 2.11 bits per heavy atom. The highest BCUT2D eigenvalue weighted by Gasteiger charge is 2.07. The molecule has 3 N–H and O–H groups in total. The molecule has 0 bridgehead atoms. The molecule has 1 aromatic heterocycles. The Morgan fingerprint density at radius 3 is 2.83 bits per heavy atom. The molecule has 0 atom stereocenters. The molecule has 0 fully saturated rings. The maximum atomic E-state index is 9.45. The number of phenolic OH excluding ortho intramolecular Hbond substituents is 2. The highest BCUT2D eigenvalue weighted by Crippen LogP contribution is 2.31. The average Bonchev–Trinajstić information content (AvgIpc) is 2.82. The first-order valence-corrected chi connectivity index (χ1v) is 6.80. The third-order valence-corrected chi connectivity index (χ3v) is 3.38. The van der Waals surface area contributed by atoms with Crippen LogP contribution in [-0.2, 0) is 0 Å². The zero-order valence-corrected chi connectivity index (χ0v) is 11.0. The second kappa shape index (κ2) is 5.73. The van der Waals surface area contributed by atoms with Crippen LogP contribution in [0.15, 0.2) is 23.6 Å². The summed E-state index contributed by atoms with van der Waals surface area (Å²) in [6.45, 7) is 3.07. The third kappa shape index (κ3) is 2.92. The number of aromatic nitrogens is 1. The minimum Gasteiger partial charge on any atom is -0.504 e.